The van der Waals surface area contributed by atoms with Gasteiger partial charge in [-0.15, -0.1) is 0 Å². The van der Waals surface area contributed by atoms with Gasteiger partial charge in [0.15, 0.2) is 0 Å². The number of rotatable bonds is 3. The number of hydrogen-bond donors (Lipinski definition) is 1. The molecule has 1 N–H and O–H groups in total. The van der Waals surface area contributed by atoms with Crippen LogP contribution in [0.4, 0.5) is 0 Å². The van der Waals surface area contributed by atoms with E-state index in [2.05, 4.69) is 0 Å². The van der Waals surface area contributed by atoms with E-state index in [1.165, 1.54) is 0 Å². The summed E-state index contributed by atoms with van der Waals surface area (Å²) in [4.78, 5) is 13.8. The number of hydrogen-bond acceptors (Lipinski definition) is 2. The van der Waals surface area contributed by atoms with E-state index in [0.29, 0.717) is 6.42 Å². The van der Waals surface area contributed by atoms with E-state index < -0.39 is 6.10 Å². The smallest absolute Gasteiger partial charge is 0.223 e. The molecule has 1 aliphatic heterocycles. The van der Waals surface area contributed by atoms with Crippen molar-refractivity contribution in [2.45, 2.75) is 24.5 Å². The maximum atomic E-state index is 12.1. The second-order valence-electron chi connectivity index (χ2n) is 5.57. The third-order valence-corrected chi connectivity index (χ3v) is 4.34. The average Bonchev–Trinajstić information content (AvgIpc) is 2.84. The minimum Gasteiger partial charge on any atom is -0.386 e. The van der Waals surface area contributed by atoms with Crippen LogP contribution in [0.15, 0.2) is 60.7 Å². The second-order valence-corrected chi connectivity index (χ2v) is 5.57. The monoisotopic (exact) mass is 281 g/mol. The molecule has 0 saturated carbocycles. The lowest BCUT2D eigenvalue weighted by atomic mass is 9.86. The summed E-state index contributed by atoms with van der Waals surface area (Å²) in [7, 11) is 1.78. The van der Waals surface area contributed by atoms with Crippen molar-refractivity contribution in [3.63, 3.8) is 0 Å². The zero-order valence-electron chi connectivity index (χ0n) is 12.0. The van der Waals surface area contributed by atoms with E-state index in [0.717, 1.165) is 11.1 Å². The summed E-state index contributed by atoms with van der Waals surface area (Å²) < 4.78 is 0. The van der Waals surface area contributed by atoms with E-state index in [9.17, 15) is 9.90 Å². The van der Waals surface area contributed by atoms with Gasteiger partial charge in [-0.2, -0.15) is 0 Å². The first-order valence-electron chi connectivity index (χ1n) is 7.22. The predicted molar refractivity (Wildman–Crippen MR) is 81.8 cm³/mol. The van der Waals surface area contributed by atoms with Gasteiger partial charge in [-0.1, -0.05) is 60.7 Å². The maximum absolute atomic E-state index is 12.1. The lowest BCUT2D eigenvalue weighted by molar-refractivity contribution is -0.128. The molecule has 0 aromatic heterocycles. The van der Waals surface area contributed by atoms with Crippen molar-refractivity contribution in [1.82, 2.24) is 4.90 Å². The topological polar surface area (TPSA) is 40.5 Å². The van der Waals surface area contributed by atoms with Crippen LogP contribution in [0.25, 0.3) is 0 Å². The molecule has 2 aromatic carbocycles. The molecular weight excluding hydrogens is 262 g/mol. The predicted octanol–water partition coefficient (Wildman–Crippen LogP) is 2.73. The van der Waals surface area contributed by atoms with E-state index in [1.54, 1.807) is 11.9 Å². The number of carbonyl (C=O) groups is 1. The summed E-state index contributed by atoms with van der Waals surface area (Å²) in [5.74, 6) is 0.114. The molecule has 1 saturated heterocycles. The van der Waals surface area contributed by atoms with E-state index >= 15 is 0 Å². The first-order chi connectivity index (χ1) is 10.2. The van der Waals surface area contributed by atoms with Gasteiger partial charge in [0.1, 0.15) is 0 Å². The first kappa shape index (κ1) is 13.8. The van der Waals surface area contributed by atoms with Crippen LogP contribution in [0.2, 0.25) is 0 Å². The standard InChI is InChI=1S/C18H19NO2/c1-19-16(20)12-15(13-8-4-2-5-9-13)17(19)18(21)14-10-6-3-7-11-14/h2-11,15,17-18,21H,12H2,1H3/t15-,17-,18?/m1/s1. The number of carbonyl (C=O) groups excluding carboxylic acids is 1. The Labute approximate surface area is 124 Å². The molecule has 108 valence electrons. The number of nitrogens with zero attached hydrogens (tertiary/aromatic N) is 1. The van der Waals surface area contributed by atoms with Crippen LogP contribution in [0, 0.1) is 0 Å². The molecule has 1 unspecified atom stereocenters. The summed E-state index contributed by atoms with van der Waals surface area (Å²) in [6, 6.07) is 19.3. The average molecular weight is 281 g/mol. The normalized spacial score (nSPS) is 23.3. The fourth-order valence-electron chi connectivity index (χ4n) is 3.18. The van der Waals surface area contributed by atoms with Gasteiger partial charge in [-0.3, -0.25) is 4.79 Å². The Morgan fingerprint density at radius 2 is 1.62 bits per heavy atom. The minimum absolute atomic E-state index is 0.0268. The van der Waals surface area contributed by atoms with Crippen LogP contribution < -0.4 is 0 Å². The molecule has 0 radical (unpaired) electrons. The number of benzene rings is 2. The van der Waals surface area contributed by atoms with Crippen molar-refractivity contribution in [1.29, 1.82) is 0 Å². The van der Waals surface area contributed by atoms with Gasteiger partial charge in [0, 0.05) is 19.4 Å². The molecule has 0 bridgehead atoms. The zero-order valence-corrected chi connectivity index (χ0v) is 12.0. The number of aliphatic hydroxyl groups is 1. The Morgan fingerprint density at radius 3 is 2.24 bits per heavy atom. The first-order valence-corrected chi connectivity index (χ1v) is 7.22. The number of amides is 1. The number of aliphatic hydroxyl groups excluding tert-OH is 1. The van der Waals surface area contributed by atoms with Gasteiger partial charge >= 0.3 is 0 Å². The zero-order chi connectivity index (χ0) is 14.8. The molecule has 21 heavy (non-hydrogen) atoms. The summed E-state index contributed by atoms with van der Waals surface area (Å²) in [6.07, 6.45) is -0.220. The van der Waals surface area contributed by atoms with Gasteiger partial charge in [-0.05, 0) is 11.1 Å². The molecule has 3 rings (SSSR count). The van der Waals surface area contributed by atoms with Crippen molar-refractivity contribution >= 4 is 5.91 Å². The Balaban J connectivity index is 1.95. The van der Waals surface area contributed by atoms with Crippen LogP contribution in [-0.2, 0) is 4.79 Å². The molecule has 1 heterocycles. The van der Waals surface area contributed by atoms with Crippen molar-refractivity contribution in [2.24, 2.45) is 0 Å². The highest BCUT2D eigenvalue weighted by molar-refractivity contribution is 5.80. The molecule has 1 aliphatic rings. The van der Waals surface area contributed by atoms with Gasteiger partial charge < -0.3 is 10.0 Å². The molecular formula is C18H19NO2. The summed E-state index contributed by atoms with van der Waals surface area (Å²) in [5.41, 5.74) is 1.96. The van der Waals surface area contributed by atoms with E-state index in [-0.39, 0.29) is 17.9 Å². The second kappa shape index (κ2) is 5.70. The lowest BCUT2D eigenvalue weighted by Gasteiger charge is -2.30. The maximum Gasteiger partial charge on any atom is 0.223 e. The largest absolute Gasteiger partial charge is 0.386 e. The van der Waals surface area contributed by atoms with Crippen molar-refractivity contribution in [2.75, 3.05) is 7.05 Å². The van der Waals surface area contributed by atoms with Crippen molar-refractivity contribution in [3.05, 3.63) is 71.8 Å². The summed E-state index contributed by atoms with van der Waals surface area (Å²) in [6.45, 7) is 0. The van der Waals surface area contributed by atoms with E-state index in [4.69, 9.17) is 0 Å². The third kappa shape index (κ3) is 2.57. The molecule has 3 nitrogen and oxygen atoms in total. The molecule has 3 atom stereocenters. The van der Waals surface area contributed by atoms with Crippen molar-refractivity contribution in [3.8, 4) is 0 Å². The Kier molecular flexibility index (Phi) is 3.76. The van der Waals surface area contributed by atoms with Crippen LogP contribution in [0.3, 0.4) is 0 Å². The van der Waals surface area contributed by atoms with Gasteiger partial charge in [0.05, 0.1) is 12.1 Å². The molecule has 3 heteroatoms. The lowest BCUT2D eigenvalue weighted by Crippen LogP contribution is -2.36. The van der Waals surface area contributed by atoms with E-state index in [1.807, 2.05) is 60.7 Å². The molecule has 2 aromatic rings. The van der Waals surface area contributed by atoms with Crippen LogP contribution >= 0.6 is 0 Å². The highest BCUT2D eigenvalue weighted by atomic mass is 16.3. The fourth-order valence-corrected chi connectivity index (χ4v) is 3.18. The van der Waals surface area contributed by atoms with Gasteiger partial charge in [-0.25, -0.2) is 0 Å². The molecule has 0 aliphatic carbocycles. The Bertz CT molecular complexity index is 612. The van der Waals surface area contributed by atoms with Crippen LogP contribution in [0.5, 0.6) is 0 Å². The highest BCUT2D eigenvalue weighted by Gasteiger charge is 2.42. The molecule has 1 fully saturated rings. The summed E-state index contributed by atoms with van der Waals surface area (Å²) >= 11 is 0. The quantitative estimate of drug-likeness (QED) is 0.939. The third-order valence-electron chi connectivity index (χ3n) is 4.34. The van der Waals surface area contributed by atoms with Gasteiger partial charge in [0.25, 0.3) is 0 Å². The molecule has 1 amide bonds. The Hall–Kier alpha value is -2.13. The fraction of sp³-hybridized carbons (Fsp3) is 0.278. The van der Waals surface area contributed by atoms with Crippen molar-refractivity contribution < 1.29 is 9.90 Å². The Morgan fingerprint density at radius 1 is 1.05 bits per heavy atom. The van der Waals surface area contributed by atoms with Gasteiger partial charge in [0.2, 0.25) is 5.91 Å². The number of likely N-dealkylation sites (tertiary alicyclic amines) is 1. The SMILES string of the molecule is CN1C(=O)C[C@H](c2ccccc2)[C@@H]1C(O)c1ccccc1. The minimum atomic E-state index is -0.673. The number of likely N-dealkylation sites (N-methyl/N-ethyl adjacent to an activating group) is 1. The van der Waals surface area contributed by atoms with Crippen LogP contribution in [-0.4, -0.2) is 29.0 Å². The van der Waals surface area contributed by atoms with Crippen LogP contribution in [0.1, 0.15) is 29.6 Å². The summed E-state index contributed by atoms with van der Waals surface area (Å²) in [5, 5.41) is 10.7. The molecule has 0 spiro atoms. The highest BCUT2D eigenvalue weighted by Crippen LogP contribution is 2.39.